The van der Waals surface area contributed by atoms with Gasteiger partial charge >= 0.3 is 0 Å². The van der Waals surface area contributed by atoms with Crippen molar-refractivity contribution in [1.82, 2.24) is 10.3 Å². The van der Waals surface area contributed by atoms with E-state index in [1.807, 2.05) is 7.05 Å². The predicted molar refractivity (Wildman–Crippen MR) is 63.5 cm³/mol. The van der Waals surface area contributed by atoms with Gasteiger partial charge in [-0.1, -0.05) is 6.07 Å². The van der Waals surface area contributed by atoms with E-state index in [-0.39, 0.29) is 5.82 Å². The van der Waals surface area contributed by atoms with E-state index in [9.17, 15) is 4.39 Å². The van der Waals surface area contributed by atoms with E-state index in [0.29, 0.717) is 18.0 Å². The lowest BCUT2D eigenvalue weighted by Gasteiger charge is -2.10. The van der Waals surface area contributed by atoms with Crippen LogP contribution in [0.2, 0.25) is 0 Å². The highest BCUT2D eigenvalue weighted by atomic mass is 19.1. The molecule has 1 heterocycles. The van der Waals surface area contributed by atoms with Crippen molar-refractivity contribution in [3.05, 3.63) is 54.1 Å². The maximum absolute atomic E-state index is 13.0. The number of ether oxygens (including phenoxy) is 1. The largest absolute Gasteiger partial charge is 0.457 e. The Balaban J connectivity index is 2.23. The van der Waals surface area contributed by atoms with Gasteiger partial charge in [0.1, 0.15) is 17.3 Å². The number of nitrogens with zero attached hydrogens (tertiary/aromatic N) is 1. The minimum absolute atomic E-state index is 0.313. The standard InChI is InChI=1S/C13H13FN2O/c1-15-8-10-9-16-6-5-13(10)17-12-4-2-3-11(14)7-12/h2-7,9,15H,8H2,1H3. The van der Waals surface area contributed by atoms with Gasteiger partial charge in [-0.05, 0) is 25.2 Å². The van der Waals surface area contributed by atoms with Crippen molar-refractivity contribution in [2.24, 2.45) is 0 Å². The molecule has 2 rings (SSSR count). The van der Waals surface area contributed by atoms with Crippen LogP contribution >= 0.6 is 0 Å². The SMILES string of the molecule is CNCc1cnccc1Oc1cccc(F)c1. The summed E-state index contributed by atoms with van der Waals surface area (Å²) in [7, 11) is 1.85. The van der Waals surface area contributed by atoms with Gasteiger partial charge in [0, 0.05) is 30.6 Å². The van der Waals surface area contributed by atoms with Crippen molar-refractivity contribution in [1.29, 1.82) is 0 Å². The van der Waals surface area contributed by atoms with Crippen LogP contribution in [0, 0.1) is 5.82 Å². The summed E-state index contributed by atoms with van der Waals surface area (Å²) < 4.78 is 18.6. The predicted octanol–water partition coefficient (Wildman–Crippen LogP) is 2.73. The third-order valence-electron chi connectivity index (χ3n) is 2.25. The smallest absolute Gasteiger partial charge is 0.134 e. The molecule has 0 radical (unpaired) electrons. The topological polar surface area (TPSA) is 34.2 Å². The van der Waals surface area contributed by atoms with Crippen LogP contribution < -0.4 is 10.1 Å². The van der Waals surface area contributed by atoms with Gasteiger partial charge in [0.15, 0.2) is 0 Å². The summed E-state index contributed by atoms with van der Waals surface area (Å²) in [5.41, 5.74) is 0.930. The molecule has 1 aromatic carbocycles. The minimum Gasteiger partial charge on any atom is -0.457 e. The molecule has 0 amide bonds. The summed E-state index contributed by atoms with van der Waals surface area (Å²) in [4.78, 5) is 4.03. The molecule has 0 unspecified atom stereocenters. The number of hydrogen-bond donors (Lipinski definition) is 1. The molecule has 0 aliphatic carbocycles. The molecule has 1 N–H and O–H groups in total. The second kappa shape index (κ2) is 5.41. The minimum atomic E-state index is -0.313. The van der Waals surface area contributed by atoms with Crippen LogP contribution in [0.3, 0.4) is 0 Å². The second-order valence-electron chi connectivity index (χ2n) is 3.57. The molecule has 0 fully saturated rings. The number of nitrogens with one attached hydrogen (secondary N) is 1. The molecule has 2 aromatic rings. The van der Waals surface area contributed by atoms with Gasteiger partial charge in [0.2, 0.25) is 0 Å². The first-order chi connectivity index (χ1) is 8.29. The highest BCUT2D eigenvalue weighted by Crippen LogP contribution is 2.24. The zero-order chi connectivity index (χ0) is 12.1. The van der Waals surface area contributed by atoms with Crippen LogP contribution in [-0.4, -0.2) is 12.0 Å². The van der Waals surface area contributed by atoms with E-state index >= 15 is 0 Å². The lowest BCUT2D eigenvalue weighted by molar-refractivity contribution is 0.468. The summed E-state index contributed by atoms with van der Waals surface area (Å²) >= 11 is 0. The van der Waals surface area contributed by atoms with Crippen LogP contribution in [0.15, 0.2) is 42.7 Å². The molecule has 0 aliphatic heterocycles. The first-order valence-electron chi connectivity index (χ1n) is 5.30. The molecule has 4 heteroatoms. The first kappa shape index (κ1) is 11.5. The molecule has 0 bridgehead atoms. The molecule has 0 atom stereocenters. The molecule has 0 saturated heterocycles. The van der Waals surface area contributed by atoms with Gasteiger partial charge < -0.3 is 10.1 Å². The molecule has 0 spiro atoms. The Morgan fingerprint density at radius 1 is 1.35 bits per heavy atom. The van der Waals surface area contributed by atoms with E-state index in [2.05, 4.69) is 10.3 Å². The number of aromatic nitrogens is 1. The van der Waals surface area contributed by atoms with Crippen LogP contribution in [-0.2, 0) is 6.54 Å². The molecule has 88 valence electrons. The fourth-order valence-corrected chi connectivity index (χ4v) is 1.49. The van der Waals surface area contributed by atoms with Gasteiger partial charge in [-0.2, -0.15) is 0 Å². The highest BCUT2D eigenvalue weighted by molar-refractivity contribution is 5.35. The zero-order valence-corrected chi connectivity index (χ0v) is 9.48. The van der Waals surface area contributed by atoms with Gasteiger partial charge in [-0.15, -0.1) is 0 Å². The average Bonchev–Trinajstić information content (AvgIpc) is 2.32. The lowest BCUT2D eigenvalue weighted by Crippen LogP contribution is -2.06. The van der Waals surface area contributed by atoms with Gasteiger partial charge in [0.05, 0.1) is 0 Å². The summed E-state index contributed by atoms with van der Waals surface area (Å²) in [6.45, 7) is 0.651. The van der Waals surface area contributed by atoms with Crippen LogP contribution in [0.5, 0.6) is 11.5 Å². The Kier molecular flexibility index (Phi) is 3.67. The van der Waals surface area contributed by atoms with Gasteiger partial charge in [-0.25, -0.2) is 4.39 Å². The number of hydrogen-bond acceptors (Lipinski definition) is 3. The van der Waals surface area contributed by atoms with E-state index in [1.165, 1.54) is 12.1 Å². The third kappa shape index (κ3) is 3.01. The molecule has 0 saturated carbocycles. The zero-order valence-electron chi connectivity index (χ0n) is 9.48. The highest BCUT2D eigenvalue weighted by Gasteiger charge is 2.04. The number of rotatable bonds is 4. The number of halogens is 1. The second-order valence-corrected chi connectivity index (χ2v) is 3.57. The fraction of sp³-hybridized carbons (Fsp3) is 0.154. The molecular weight excluding hydrogens is 219 g/mol. The summed E-state index contributed by atoms with van der Waals surface area (Å²) in [6, 6.07) is 7.82. The molecular formula is C13H13FN2O. The Morgan fingerprint density at radius 3 is 3.00 bits per heavy atom. The Morgan fingerprint density at radius 2 is 2.24 bits per heavy atom. The van der Waals surface area contributed by atoms with Crippen LogP contribution in [0.4, 0.5) is 4.39 Å². The summed E-state index contributed by atoms with van der Waals surface area (Å²) in [5.74, 6) is 0.847. The summed E-state index contributed by atoms with van der Waals surface area (Å²) in [6.07, 6.45) is 3.37. The number of benzene rings is 1. The van der Waals surface area contributed by atoms with Gasteiger partial charge in [0.25, 0.3) is 0 Å². The molecule has 17 heavy (non-hydrogen) atoms. The van der Waals surface area contributed by atoms with Crippen molar-refractivity contribution < 1.29 is 9.13 Å². The Labute approximate surface area is 99.3 Å². The lowest BCUT2D eigenvalue weighted by atomic mass is 10.2. The number of pyridine rings is 1. The summed E-state index contributed by atoms with van der Waals surface area (Å²) in [5, 5.41) is 3.03. The fourth-order valence-electron chi connectivity index (χ4n) is 1.49. The third-order valence-corrected chi connectivity index (χ3v) is 2.25. The van der Waals surface area contributed by atoms with Gasteiger partial charge in [-0.3, -0.25) is 4.98 Å². The van der Waals surface area contributed by atoms with E-state index in [0.717, 1.165) is 5.56 Å². The molecule has 3 nitrogen and oxygen atoms in total. The maximum Gasteiger partial charge on any atom is 0.134 e. The monoisotopic (exact) mass is 232 g/mol. The van der Waals surface area contributed by atoms with Crippen LogP contribution in [0.25, 0.3) is 0 Å². The average molecular weight is 232 g/mol. The van der Waals surface area contributed by atoms with E-state index in [4.69, 9.17) is 4.74 Å². The van der Waals surface area contributed by atoms with E-state index in [1.54, 1.807) is 30.6 Å². The van der Waals surface area contributed by atoms with Crippen LogP contribution in [0.1, 0.15) is 5.56 Å². The van der Waals surface area contributed by atoms with E-state index < -0.39 is 0 Å². The quantitative estimate of drug-likeness (QED) is 0.880. The maximum atomic E-state index is 13.0. The van der Waals surface area contributed by atoms with Crippen molar-refractivity contribution >= 4 is 0 Å². The molecule has 0 aliphatic rings. The van der Waals surface area contributed by atoms with Crippen molar-refractivity contribution in [3.8, 4) is 11.5 Å². The first-order valence-corrected chi connectivity index (χ1v) is 5.30. The Bertz CT molecular complexity index is 502. The normalized spacial score (nSPS) is 10.2. The molecule has 1 aromatic heterocycles. The van der Waals surface area contributed by atoms with Crippen molar-refractivity contribution in [3.63, 3.8) is 0 Å². The van der Waals surface area contributed by atoms with Crippen molar-refractivity contribution in [2.45, 2.75) is 6.54 Å². The van der Waals surface area contributed by atoms with Crippen molar-refractivity contribution in [2.75, 3.05) is 7.05 Å². The Hall–Kier alpha value is -1.94.